The Morgan fingerprint density at radius 1 is 1.08 bits per heavy atom. The topological polar surface area (TPSA) is 68.5 Å². The number of fused-ring (bicyclic) bond motifs is 1. The second-order valence-electron chi connectivity index (χ2n) is 9.11. The lowest BCUT2D eigenvalue weighted by atomic mass is 10.1. The predicted molar refractivity (Wildman–Crippen MR) is 145 cm³/mol. The van der Waals surface area contributed by atoms with E-state index >= 15 is 0 Å². The Balaban J connectivity index is 1.35. The van der Waals surface area contributed by atoms with Gasteiger partial charge in [0.25, 0.3) is 5.91 Å². The van der Waals surface area contributed by atoms with Crippen molar-refractivity contribution in [1.29, 1.82) is 0 Å². The highest BCUT2D eigenvalue weighted by Crippen LogP contribution is 2.26. The first kappa shape index (κ1) is 26.1. The molecule has 2 aromatic heterocycles. The SMILES string of the molecule is COc1cc(OC)cc(C(=O)N(CCc2csc3nc(-c4ccc(F)cc4)cn23)CCN2CCOCC2)c1. The number of halogens is 1. The summed E-state index contributed by atoms with van der Waals surface area (Å²) in [5.74, 6) is 0.810. The van der Waals surface area contributed by atoms with Crippen LogP contribution in [0.4, 0.5) is 4.39 Å². The number of hydrogen-bond donors (Lipinski definition) is 0. The molecule has 1 aliphatic heterocycles. The average Bonchev–Trinajstić information content (AvgIpc) is 3.55. The van der Waals surface area contributed by atoms with E-state index in [1.165, 1.54) is 12.1 Å². The summed E-state index contributed by atoms with van der Waals surface area (Å²) in [7, 11) is 3.15. The third-order valence-electron chi connectivity index (χ3n) is 6.74. The maximum atomic E-state index is 13.7. The van der Waals surface area contributed by atoms with Gasteiger partial charge in [0, 0.05) is 73.6 Å². The molecule has 1 amide bonds. The Morgan fingerprint density at radius 2 is 1.79 bits per heavy atom. The number of thiazole rings is 1. The minimum absolute atomic E-state index is 0.0698. The maximum Gasteiger partial charge on any atom is 0.254 e. The van der Waals surface area contributed by atoms with Gasteiger partial charge < -0.3 is 19.1 Å². The standard InChI is InChI=1S/C28H31FN4O4S/c1-35-24-15-21(16-25(17-24)36-2)27(34)32(10-9-31-11-13-37-14-12-31)8-7-23-19-38-28-30-26(18-33(23)28)20-3-5-22(29)6-4-20/h3-6,15-19H,7-14H2,1-2H3. The van der Waals surface area contributed by atoms with Gasteiger partial charge in [-0.3, -0.25) is 14.1 Å². The Bertz CT molecular complexity index is 1360. The van der Waals surface area contributed by atoms with Gasteiger partial charge in [0.1, 0.15) is 17.3 Å². The number of nitrogens with zero attached hydrogens (tertiary/aromatic N) is 4. The summed E-state index contributed by atoms with van der Waals surface area (Å²) < 4.78 is 31.7. The fourth-order valence-corrected chi connectivity index (χ4v) is 5.44. The van der Waals surface area contributed by atoms with Gasteiger partial charge in [0.05, 0.1) is 33.1 Å². The summed E-state index contributed by atoms with van der Waals surface area (Å²) in [5, 5.41) is 2.08. The maximum absolute atomic E-state index is 13.7. The van der Waals surface area contributed by atoms with Crippen LogP contribution in [0.25, 0.3) is 16.2 Å². The van der Waals surface area contributed by atoms with Crippen molar-refractivity contribution in [3.63, 3.8) is 0 Å². The Labute approximate surface area is 225 Å². The lowest BCUT2D eigenvalue weighted by molar-refractivity contribution is 0.0325. The van der Waals surface area contributed by atoms with Crippen LogP contribution in [-0.4, -0.2) is 85.2 Å². The molecule has 4 aromatic rings. The van der Waals surface area contributed by atoms with E-state index in [4.69, 9.17) is 19.2 Å². The van der Waals surface area contributed by atoms with Crippen molar-refractivity contribution < 1.29 is 23.4 Å². The van der Waals surface area contributed by atoms with Crippen molar-refractivity contribution in [3.05, 3.63) is 71.1 Å². The molecule has 10 heteroatoms. The normalized spacial score (nSPS) is 14.1. The van der Waals surface area contributed by atoms with E-state index in [-0.39, 0.29) is 11.7 Å². The van der Waals surface area contributed by atoms with E-state index in [2.05, 4.69) is 14.7 Å². The van der Waals surface area contributed by atoms with Gasteiger partial charge in [-0.2, -0.15) is 0 Å². The van der Waals surface area contributed by atoms with Crippen LogP contribution in [0.5, 0.6) is 11.5 Å². The molecule has 0 atom stereocenters. The summed E-state index contributed by atoms with van der Waals surface area (Å²) >= 11 is 1.55. The van der Waals surface area contributed by atoms with Gasteiger partial charge in [-0.25, -0.2) is 9.37 Å². The molecule has 5 rings (SSSR count). The van der Waals surface area contributed by atoms with Gasteiger partial charge in [0.2, 0.25) is 0 Å². The van der Waals surface area contributed by atoms with Crippen molar-refractivity contribution in [3.8, 4) is 22.8 Å². The van der Waals surface area contributed by atoms with Crippen LogP contribution in [0.3, 0.4) is 0 Å². The molecule has 2 aromatic carbocycles. The van der Waals surface area contributed by atoms with Crippen LogP contribution in [0.1, 0.15) is 16.1 Å². The number of imidazole rings is 1. The molecule has 1 aliphatic rings. The molecule has 8 nitrogen and oxygen atoms in total. The fraction of sp³-hybridized carbons (Fsp3) is 0.357. The van der Waals surface area contributed by atoms with E-state index in [9.17, 15) is 9.18 Å². The molecule has 3 heterocycles. The number of carbonyl (C=O) groups is 1. The minimum atomic E-state index is -0.272. The van der Waals surface area contributed by atoms with Gasteiger partial charge >= 0.3 is 0 Å². The van der Waals surface area contributed by atoms with E-state index in [1.54, 1.807) is 55.9 Å². The van der Waals surface area contributed by atoms with Gasteiger partial charge in [-0.05, 0) is 36.4 Å². The van der Waals surface area contributed by atoms with E-state index < -0.39 is 0 Å². The number of amides is 1. The van der Waals surface area contributed by atoms with Crippen LogP contribution >= 0.6 is 11.3 Å². The van der Waals surface area contributed by atoms with Gasteiger partial charge in [-0.15, -0.1) is 11.3 Å². The van der Waals surface area contributed by atoms with Crippen molar-refractivity contribution in [2.75, 3.05) is 60.2 Å². The largest absolute Gasteiger partial charge is 0.497 e. The van der Waals surface area contributed by atoms with Crippen LogP contribution < -0.4 is 9.47 Å². The lowest BCUT2D eigenvalue weighted by Gasteiger charge is -2.30. The first-order chi connectivity index (χ1) is 18.5. The zero-order valence-electron chi connectivity index (χ0n) is 21.6. The summed E-state index contributed by atoms with van der Waals surface area (Å²) in [6.45, 7) is 5.06. The zero-order valence-corrected chi connectivity index (χ0v) is 22.4. The van der Waals surface area contributed by atoms with E-state index in [1.807, 2.05) is 11.1 Å². The molecule has 0 aliphatic carbocycles. The monoisotopic (exact) mass is 538 g/mol. The molecule has 200 valence electrons. The molecule has 1 fully saturated rings. The van der Waals surface area contributed by atoms with E-state index in [0.29, 0.717) is 49.8 Å². The van der Waals surface area contributed by atoms with E-state index in [0.717, 1.165) is 41.5 Å². The third kappa shape index (κ3) is 5.98. The Kier molecular flexibility index (Phi) is 8.21. The van der Waals surface area contributed by atoms with Crippen molar-refractivity contribution in [2.45, 2.75) is 6.42 Å². The second kappa shape index (κ2) is 11.9. The molecular weight excluding hydrogens is 507 g/mol. The van der Waals surface area contributed by atoms with Crippen LogP contribution in [0, 0.1) is 5.82 Å². The highest BCUT2D eigenvalue weighted by Gasteiger charge is 2.21. The van der Waals surface area contributed by atoms with Crippen molar-refractivity contribution in [1.82, 2.24) is 19.2 Å². The smallest absolute Gasteiger partial charge is 0.254 e. The first-order valence-electron chi connectivity index (χ1n) is 12.6. The number of carbonyl (C=O) groups excluding carboxylic acids is 1. The lowest BCUT2D eigenvalue weighted by Crippen LogP contribution is -2.43. The Hall–Kier alpha value is -3.47. The van der Waals surface area contributed by atoms with Gasteiger partial charge in [0.15, 0.2) is 4.96 Å². The molecule has 0 saturated carbocycles. The van der Waals surface area contributed by atoms with Crippen molar-refractivity contribution in [2.24, 2.45) is 0 Å². The number of hydrogen-bond acceptors (Lipinski definition) is 7. The zero-order chi connectivity index (χ0) is 26.5. The van der Waals surface area contributed by atoms with Crippen LogP contribution in [0.2, 0.25) is 0 Å². The van der Waals surface area contributed by atoms with Crippen LogP contribution in [-0.2, 0) is 11.2 Å². The molecule has 0 bridgehead atoms. The van der Waals surface area contributed by atoms with Gasteiger partial charge in [-0.1, -0.05) is 0 Å². The average molecular weight is 539 g/mol. The second-order valence-corrected chi connectivity index (χ2v) is 9.95. The number of ether oxygens (including phenoxy) is 3. The number of methoxy groups -OCH3 is 2. The molecule has 0 radical (unpaired) electrons. The molecule has 1 saturated heterocycles. The molecule has 0 unspecified atom stereocenters. The molecule has 0 spiro atoms. The van der Waals surface area contributed by atoms with Crippen LogP contribution in [0.15, 0.2) is 54.0 Å². The summed E-state index contributed by atoms with van der Waals surface area (Å²) in [6.07, 6.45) is 2.64. The number of rotatable bonds is 10. The summed E-state index contributed by atoms with van der Waals surface area (Å²) in [6, 6.07) is 11.6. The van der Waals surface area contributed by atoms with Crippen molar-refractivity contribution >= 4 is 22.2 Å². The number of morpholine rings is 1. The predicted octanol–water partition coefficient (Wildman–Crippen LogP) is 4.24. The molecule has 38 heavy (non-hydrogen) atoms. The highest BCUT2D eigenvalue weighted by atomic mass is 32.1. The fourth-order valence-electron chi connectivity index (χ4n) is 4.53. The summed E-state index contributed by atoms with van der Waals surface area (Å²) in [5.41, 5.74) is 3.25. The molecule has 0 N–H and O–H groups in total. The number of benzene rings is 2. The Morgan fingerprint density at radius 3 is 2.47 bits per heavy atom. The minimum Gasteiger partial charge on any atom is -0.497 e. The third-order valence-corrected chi connectivity index (χ3v) is 7.63. The molecular formula is C28H31FN4O4S. The number of aromatic nitrogens is 2. The quantitative estimate of drug-likeness (QED) is 0.301. The highest BCUT2D eigenvalue weighted by molar-refractivity contribution is 7.15. The summed E-state index contributed by atoms with van der Waals surface area (Å²) in [4.78, 5) is 23.5. The first-order valence-corrected chi connectivity index (χ1v) is 13.5.